The normalized spacial score (nSPS) is 19.4. The molecule has 1 atom stereocenters. The van der Waals surface area contributed by atoms with Gasteiger partial charge in [0.1, 0.15) is 0 Å². The van der Waals surface area contributed by atoms with Crippen molar-refractivity contribution in [1.29, 1.82) is 0 Å². The first kappa shape index (κ1) is 16.5. The van der Waals surface area contributed by atoms with Gasteiger partial charge in [-0.05, 0) is 44.5 Å². The molecule has 4 nitrogen and oxygen atoms in total. The average Bonchev–Trinajstić information content (AvgIpc) is 2.63. The number of hydrogen-bond donors (Lipinski definition) is 1. The van der Waals surface area contributed by atoms with E-state index in [-0.39, 0.29) is 12.1 Å². The van der Waals surface area contributed by atoms with Crippen LogP contribution >= 0.6 is 23.4 Å². The number of benzene rings is 1. The molecule has 0 aliphatic carbocycles. The summed E-state index contributed by atoms with van der Waals surface area (Å²) in [6.45, 7) is 1.69. The molecule has 1 aromatic carbocycles. The van der Waals surface area contributed by atoms with Gasteiger partial charge in [0.25, 0.3) is 0 Å². The molecule has 1 unspecified atom stereocenters. The van der Waals surface area contributed by atoms with Crippen LogP contribution in [0.15, 0.2) is 24.3 Å². The van der Waals surface area contributed by atoms with E-state index in [0.717, 1.165) is 36.7 Å². The summed E-state index contributed by atoms with van der Waals surface area (Å²) in [5.74, 6) is 2.10. The SMILES string of the molecule is CN(C)CC1CSCCCN1C(=O)Nc1cccc(Cl)c1. The van der Waals surface area contributed by atoms with Crippen LogP contribution in [0.25, 0.3) is 0 Å². The molecule has 6 heteroatoms. The van der Waals surface area contributed by atoms with Crippen LogP contribution in [0.4, 0.5) is 10.5 Å². The molecular formula is C15H22ClN3OS. The number of hydrogen-bond acceptors (Lipinski definition) is 3. The van der Waals surface area contributed by atoms with Crippen LogP contribution in [0.2, 0.25) is 5.02 Å². The minimum Gasteiger partial charge on any atom is -0.319 e. The number of nitrogens with one attached hydrogen (secondary N) is 1. The summed E-state index contributed by atoms with van der Waals surface area (Å²) >= 11 is 7.89. The summed E-state index contributed by atoms with van der Waals surface area (Å²) in [5, 5.41) is 3.59. The van der Waals surface area contributed by atoms with Crippen molar-refractivity contribution >= 4 is 35.1 Å². The zero-order chi connectivity index (χ0) is 15.2. The molecule has 1 fully saturated rings. The van der Waals surface area contributed by atoms with E-state index >= 15 is 0 Å². The molecule has 1 saturated heterocycles. The van der Waals surface area contributed by atoms with Crippen molar-refractivity contribution in [1.82, 2.24) is 9.80 Å². The summed E-state index contributed by atoms with van der Waals surface area (Å²) in [5.41, 5.74) is 0.744. The molecule has 21 heavy (non-hydrogen) atoms. The summed E-state index contributed by atoms with van der Waals surface area (Å²) < 4.78 is 0. The van der Waals surface area contributed by atoms with Crippen LogP contribution in [0.5, 0.6) is 0 Å². The van der Waals surface area contributed by atoms with E-state index in [4.69, 9.17) is 11.6 Å². The number of carbonyl (C=O) groups excluding carboxylic acids is 1. The number of amides is 2. The highest BCUT2D eigenvalue weighted by atomic mass is 35.5. The highest BCUT2D eigenvalue weighted by Gasteiger charge is 2.26. The molecule has 2 amide bonds. The topological polar surface area (TPSA) is 35.6 Å². The Balaban J connectivity index is 2.06. The van der Waals surface area contributed by atoms with Crippen molar-refractivity contribution in [2.45, 2.75) is 12.5 Å². The molecule has 0 aromatic heterocycles. The van der Waals surface area contributed by atoms with E-state index in [2.05, 4.69) is 10.2 Å². The summed E-state index contributed by atoms with van der Waals surface area (Å²) in [6, 6.07) is 7.48. The third-order valence-corrected chi connectivity index (χ3v) is 4.78. The number of likely N-dealkylation sites (N-methyl/N-ethyl adjacent to an activating group) is 1. The van der Waals surface area contributed by atoms with Crippen LogP contribution in [0.1, 0.15) is 6.42 Å². The van der Waals surface area contributed by atoms with Crippen molar-refractivity contribution in [3.63, 3.8) is 0 Å². The molecule has 2 rings (SSSR count). The van der Waals surface area contributed by atoms with Crippen molar-refractivity contribution in [3.05, 3.63) is 29.3 Å². The van der Waals surface area contributed by atoms with Gasteiger partial charge in [-0.3, -0.25) is 0 Å². The first-order chi connectivity index (χ1) is 10.1. The molecule has 1 N–H and O–H groups in total. The van der Waals surface area contributed by atoms with Crippen LogP contribution in [0.3, 0.4) is 0 Å². The van der Waals surface area contributed by atoms with Crippen LogP contribution in [0, 0.1) is 0 Å². The Labute approximate surface area is 135 Å². The fourth-order valence-electron chi connectivity index (χ4n) is 2.43. The summed E-state index contributed by atoms with van der Waals surface area (Å²) in [4.78, 5) is 16.7. The third-order valence-electron chi connectivity index (χ3n) is 3.35. The van der Waals surface area contributed by atoms with Gasteiger partial charge in [-0.2, -0.15) is 11.8 Å². The quantitative estimate of drug-likeness (QED) is 0.925. The van der Waals surface area contributed by atoms with Gasteiger partial charge in [-0.25, -0.2) is 4.79 Å². The minimum absolute atomic E-state index is 0.0355. The summed E-state index contributed by atoms with van der Waals surface area (Å²) in [6.07, 6.45) is 1.04. The number of anilines is 1. The lowest BCUT2D eigenvalue weighted by atomic mass is 10.2. The van der Waals surface area contributed by atoms with Gasteiger partial charge >= 0.3 is 6.03 Å². The maximum absolute atomic E-state index is 12.6. The number of halogens is 1. The van der Waals surface area contributed by atoms with Gasteiger partial charge < -0.3 is 15.1 Å². The lowest BCUT2D eigenvalue weighted by Gasteiger charge is -2.31. The maximum atomic E-state index is 12.6. The zero-order valence-electron chi connectivity index (χ0n) is 12.5. The highest BCUT2D eigenvalue weighted by molar-refractivity contribution is 7.99. The van der Waals surface area contributed by atoms with E-state index in [1.165, 1.54) is 0 Å². The van der Waals surface area contributed by atoms with Crippen LogP contribution < -0.4 is 5.32 Å². The number of carbonyl (C=O) groups is 1. The van der Waals surface area contributed by atoms with E-state index in [1.807, 2.05) is 42.9 Å². The first-order valence-electron chi connectivity index (χ1n) is 7.12. The lowest BCUT2D eigenvalue weighted by Crippen LogP contribution is -2.48. The lowest BCUT2D eigenvalue weighted by molar-refractivity contribution is 0.180. The molecule has 1 aliphatic heterocycles. The monoisotopic (exact) mass is 327 g/mol. The minimum atomic E-state index is -0.0355. The van der Waals surface area contributed by atoms with Crippen LogP contribution in [-0.4, -0.2) is 60.6 Å². The Morgan fingerprint density at radius 1 is 1.52 bits per heavy atom. The Hall–Kier alpha value is -0.910. The third kappa shape index (κ3) is 5.09. The Bertz CT molecular complexity index is 484. The van der Waals surface area contributed by atoms with Gasteiger partial charge in [-0.15, -0.1) is 0 Å². The molecule has 116 valence electrons. The standard InChI is InChI=1S/C15H22ClN3OS/c1-18(2)10-14-11-21-8-4-7-19(14)15(20)17-13-6-3-5-12(16)9-13/h3,5-6,9,14H,4,7-8,10-11H2,1-2H3,(H,17,20). The molecule has 1 aliphatic rings. The Morgan fingerprint density at radius 2 is 2.33 bits per heavy atom. The van der Waals surface area contributed by atoms with Crippen molar-refractivity contribution in [2.24, 2.45) is 0 Å². The molecule has 0 spiro atoms. The van der Waals surface area contributed by atoms with Crippen LogP contribution in [-0.2, 0) is 0 Å². The fourth-order valence-corrected chi connectivity index (χ4v) is 3.68. The van der Waals surface area contributed by atoms with Gasteiger partial charge in [-0.1, -0.05) is 17.7 Å². The largest absolute Gasteiger partial charge is 0.322 e. The number of urea groups is 1. The molecule has 0 bridgehead atoms. The Morgan fingerprint density at radius 3 is 3.05 bits per heavy atom. The first-order valence-corrected chi connectivity index (χ1v) is 8.65. The predicted octanol–water partition coefficient (Wildman–Crippen LogP) is 3.24. The molecular weight excluding hydrogens is 306 g/mol. The zero-order valence-corrected chi connectivity index (χ0v) is 14.1. The summed E-state index contributed by atoms with van der Waals surface area (Å²) in [7, 11) is 4.09. The van der Waals surface area contributed by atoms with Crippen molar-refractivity contribution in [3.8, 4) is 0 Å². The average molecular weight is 328 g/mol. The molecule has 1 heterocycles. The van der Waals surface area contributed by atoms with Gasteiger partial charge in [0.05, 0.1) is 6.04 Å². The van der Waals surface area contributed by atoms with Crippen molar-refractivity contribution < 1.29 is 4.79 Å². The Kier molecular flexibility index (Phi) is 6.21. The number of rotatable bonds is 3. The van der Waals surface area contributed by atoms with E-state index in [9.17, 15) is 4.79 Å². The number of thioether (sulfide) groups is 1. The van der Waals surface area contributed by atoms with E-state index in [1.54, 1.807) is 12.1 Å². The van der Waals surface area contributed by atoms with Crippen molar-refractivity contribution in [2.75, 3.05) is 44.0 Å². The fraction of sp³-hybridized carbons (Fsp3) is 0.533. The molecule has 0 saturated carbocycles. The second kappa shape index (κ2) is 7.92. The second-order valence-electron chi connectivity index (χ2n) is 5.48. The molecule has 1 aromatic rings. The van der Waals surface area contributed by atoms with Gasteiger partial charge in [0.15, 0.2) is 0 Å². The molecule has 0 radical (unpaired) electrons. The van der Waals surface area contributed by atoms with E-state index < -0.39 is 0 Å². The van der Waals surface area contributed by atoms with Gasteiger partial charge in [0.2, 0.25) is 0 Å². The number of nitrogens with zero attached hydrogens (tertiary/aromatic N) is 2. The van der Waals surface area contributed by atoms with E-state index in [0.29, 0.717) is 5.02 Å². The second-order valence-corrected chi connectivity index (χ2v) is 7.06. The van der Waals surface area contributed by atoms with Gasteiger partial charge in [0, 0.05) is 29.6 Å². The maximum Gasteiger partial charge on any atom is 0.322 e. The smallest absolute Gasteiger partial charge is 0.319 e. The predicted molar refractivity (Wildman–Crippen MR) is 91.5 cm³/mol. The highest BCUT2D eigenvalue weighted by Crippen LogP contribution is 2.20.